The maximum absolute atomic E-state index is 11.8. The van der Waals surface area contributed by atoms with Crippen molar-refractivity contribution < 1.29 is 4.79 Å². The monoisotopic (exact) mass is 256 g/mol. The highest BCUT2D eigenvalue weighted by Crippen LogP contribution is 2.26. The van der Waals surface area contributed by atoms with Gasteiger partial charge in [-0.15, -0.1) is 0 Å². The minimum absolute atomic E-state index is 0.159. The summed E-state index contributed by atoms with van der Waals surface area (Å²) < 4.78 is 1.85. The van der Waals surface area contributed by atoms with Crippen LogP contribution < -0.4 is 5.32 Å². The zero-order chi connectivity index (χ0) is 13.1. The molecule has 5 heteroatoms. The molecular formula is C14H16N4O. The van der Waals surface area contributed by atoms with Crippen LogP contribution in [-0.4, -0.2) is 20.4 Å². The van der Waals surface area contributed by atoms with Crippen LogP contribution in [0.4, 0.5) is 0 Å². The molecule has 2 aromatic heterocycles. The topological polar surface area (TPSA) is 59.8 Å². The first-order chi connectivity index (χ1) is 9.34. The van der Waals surface area contributed by atoms with Crippen molar-refractivity contribution in [3.8, 4) is 5.82 Å². The van der Waals surface area contributed by atoms with Crippen molar-refractivity contribution in [1.29, 1.82) is 0 Å². The van der Waals surface area contributed by atoms with Crippen LogP contribution in [0.5, 0.6) is 0 Å². The van der Waals surface area contributed by atoms with E-state index in [1.54, 1.807) is 18.7 Å². The van der Waals surface area contributed by atoms with Gasteiger partial charge >= 0.3 is 0 Å². The number of amides is 1. The number of hydrogen-bond acceptors (Lipinski definition) is 3. The van der Waals surface area contributed by atoms with Crippen LogP contribution in [0.15, 0.2) is 37.1 Å². The molecule has 98 valence electrons. The minimum atomic E-state index is 0.159. The Labute approximate surface area is 111 Å². The third-order valence-electron chi connectivity index (χ3n) is 3.55. The first kappa shape index (κ1) is 11.9. The molecule has 0 aromatic carbocycles. The van der Waals surface area contributed by atoms with Crippen molar-refractivity contribution in [2.75, 3.05) is 0 Å². The van der Waals surface area contributed by atoms with Gasteiger partial charge in [0.1, 0.15) is 12.1 Å². The van der Waals surface area contributed by atoms with Crippen LogP contribution in [0.1, 0.15) is 24.8 Å². The third kappa shape index (κ3) is 2.50. The van der Waals surface area contributed by atoms with Crippen molar-refractivity contribution in [3.63, 3.8) is 0 Å². The summed E-state index contributed by atoms with van der Waals surface area (Å²) in [5, 5.41) is 2.99. The van der Waals surface area contributed by atoms with Crippen LogP contribution in [-0.2, 0) is 11.3 Å². The summed E-state index contributed by atoms with van der Waals surface area (Å²) in [7, 11) is 0. The summed E-state index contributed by atoms with van der Waals surface area (Å²) in [6, 6.07) is 3.86. The van der Waals surface area contributed by atoms with Gasteiger partial charge in [-0.25, -0.2) is 9.97 Å². The molecule has 0 unspecified atom stereocenters. The maximum Gasteiger partial charge on any atom is 0.223 e. The number of nitrogens with one attached hydrogen (secondary N) is 1. The minimum Gasteiger partial charge on any atom is -0.352 e. The molecule has 1 amide bonds. The summed E-state index contributed by atoms with van der Waals surface area (Å²) in [5.41, 5.74) is 0.994. The predicted octanol–water partition coefficient (Wildman–Crippen LogP) is 1.68. The number of hydrogen-bond donors (Lipinski definition) is 1. The number of rotatable bonds is 4. The standard InChI is InChI=1S/C14H16N4O/c19-14(11-3-1-4-11)17-9-12-5-2-6-16-13(12)18-8-7-15-10-18/h2,5-8,10-11H,1,3-4,9H2,(H,17,19). The van der Waals surface area contributed by atoms with Crippen molar-refractivity contribution in [3.05, 3.63) is 42.6 Å². The van der Waals surface area contributed by atoms with Gasteiger partial charge in [0.25, 0.3) is 0 Å². The number of carbonyl (C=O) groups excluding carboxylic acids is 1. The van der Waals surface area contributed by atoms with E-state index in [2.05, 4.69) is 15.3 Å². The van der Waals surface area contributed by atoms with Crippen molar-refractivity contribution in [1.82, 2.24) is 19.9 Å². The van der Waals surface area contributed by atoms with E-state index in [-0.39, 0.29) is 11.8 Å². The summed E-state index contributed by atoms with van der Waals surface area (Å²) >= 11 is 0. The highest BCUT2D eigenvalue weighted by atomic mass is 16.1. The van der Waals surface area contributed by atoms with E-state index >= 15 is 0 Å². The second kappa shape index (κ2) is 5.22. The third-order valence-corrected chi connectivity index (χ3v) is 3.55. The molecule has 0 bridgehead atoms. The van der Waals surface area contributed by atoms with Gasteiger partial charge in [0.15, 0.2) is 0 Å². The van der Waals surface area contributed by atoms with Gasteiger partial charge < -0.3 is 5.32 Å². The van der Waals surface area contributed by atoms with Crippen molar-refractivity contribution >= 4 is 5.91 Å². The average molecular weight is 256 g/mol. The number of aromatic nitrogens is 3. The zero-order valence-electron chi connectivity index (χ0n) is 10.6. The molecule has 0 radical (unpaired) electrons. The Morgan fingerprint density at radius 1 is 1.42 bits per heavy atom. The van der Waals surface area contributed by atoms with Gasteiger partial charge in [-0.2, -0.15) is 0 Å². The molecule has 3 rings (SSSR count). The molecular weight excluding hydrogens is 240 g/mol. The van der Waals surface area contributed by atoms with E-state index in [0.29, 0.717) is 6.54 Å². The van der Waals surface area contributed by atoms with Crippen LogP contribution in [0.2, 0.25) is 0 Å². The Morgan fingerprint density at radius 2 is 2.32 bits per heavy atom. The van der Waals surface area contributed by atoms with Crippen LogP contribution in [0, 0.1) is 5.92 Å². The number of pyridine rings is 1. The summed E-state index contributed by atoms with van der Waals surface area (Å²) in [6.45, 7) is 0.511. The van der Waals surface area contributed by atoms with E-state index in [1.807, 2.05) is 22.9 Å². The van der Waals surface area contributed by atoms with Gasteiger partial charge in [0.2, 0.25) is 5.91 Å². The first-order valence-corrected chi connectivity index (χ1v) is 6.54. The largest absolute Gasteiger partial charge is 0.352 e. The van der Waals surface area contributed by atoms with E-state index in [4.69, 9.17) is 0 Å². The molecule has 1 aliphatic rings. The Kier molecular flexibility index (Phi) is 3.27. The fourth-order valence-corrected chi connectivity index (χ4v) is 2.18. The lowest BCUT2D eigenvalue weighted by Gasteiger charge is -2.24. The Morgan fingerprint density at radius 3 is 3.00 bits per heavy atom. The Hall–Kier alpha value is -2.17. The molecule has 5 nitrogen and oxygen atoms in total. The Bertz CT molecular complexity index is 561. The fraction of sp³-hybridized carbons (Fsp3) is 0.357. The van der Waals surface area contributed by atoms with Crippen LogP contribution in [0.25, 0.3) is 5.82 Å². The fourth-order valence-electron chi connectivity index (χ4n) is 2.18. The van der Waals surface area contributed by atoms with Crippen molar-refractivity contribution in [2.24, 2.45) is 5.92 Å². The van der Waals surface area contributed by atoms with Crippen molar-refractivity contribution in [2.45, 2.75) is 25.8 Å². The van der Waals surface area contributed by atoms with Gasteiger partial charge in [0, 0.05) is 36.6 Å². The second-order valence-electron chi connectivity index (χ2n) is 4.80. The first-order valence-electron chi connectivity index (χ1n) is 6.54. The molecule has 1 N–H and O–H groups in total. The normalized spacial score (nSPS) is 14.9. The average Bonchev–Trinajstić information content (AvgIpc) is 2.88. The van der Waals surface area contributed by atoms with Crippen LogP contribution >= 0.6 is 0 Å². The number of imidazole rings is 1. The molecule has 0 saturated heterocycles. The molecule has 2 heterocycles. The highest BCUT2D eigenvalue weighted by molar-refractivity contribution is 5.79. The van der Waals surface area contributed by atoms with Crippen LogP contribution in [0.3, 0.4) is 0 Å². The Balaban J connectivity index is 1.72. The molecule has 2 aromatic rings. The van der Waals surface area contributed by atoms with Gasteiger partial charge in [-0.3, -0.25) is 9.36 Å². The molecule has 0 atom stereocenters. The SMILES string of the molecule is O=C(NCc1cccnc1-n1ccnc1)C1CCC1. The lowest BCUT2D eigenvalue weighted by atomic mass is 9.85. The molecule has 1 fully saturated rings. The van der Waals surface area contributed by atoms with E-state index < -0.39 is 0 Å². The summed E-state index contributed by atoms with van der Waals surface area (Å²) in [6.07, 6.45) is 10.2. The molecule has 0 spiro atoms. The smallest absolute Gasteiger partial charge is 0.223 e. The van der Waals surface area contributed by atoms with Gasteiger partial charge in [-0.1, -0.05) is 12.5 Å². The van der Waals surface area contributed by atoms with E-state index in [9.17, 15) is 4.79 Å². The second-order valence-corrected chi connectivity index (χ2v) is 4.80. The molecule has 19 heavy (non-hydrogen) atoms. The maximum atomic E-state index is 11.8. The van der Waals surface area contributed by atoms with Gasteiger partial charge in [0.05, 0.1) is 0 Å². The summed E-state index contributed by atoms with van der Waals surface area (Å²) in [5.74, 6) is 1.19. The molecule has 1 saturated carbocycles. The quantitative estimate of drug-likeness (QED) is 0.905. The zero-order valence-corrected chi connectivity index (χ0v) is 10.6. The number of nitrogens with zero attached hydrogens (tertiary/aromatic N) is 3. The molecule has 1 aliphatic carbocycles. The summed E-state index contributed by atoms with van der Waals surface area (Å²) in [4.78, 5) is 20.2. The number of carbonyl (C=O) groups is 1. The van der Waals surface area contributed by atoms with E-state index in [1.165, 1.54) is 6.42 Å². The van der Waals surface area contributed by atoms with Gasteiger partial charge in [-0.05, 0) is 18.9 Å². The lowest BCUT2D eigenvalue weighted by molar-refractivity contribution is -0.127. The van der Waals surface area contributed by atoms with E-state index in [0.717, 1.165) is 24.2 Å². The molecule has 0 aliphatic heterocycles. The lowest BCUT2D eigenvalue weighted by Crippen LogP contribution is -2.34. The predicted molar refractivity (Wildman–Crippen MR) is 70.5 cm³/mol. The highest BCUT2D eigenvalue weighted by Gasteiger charge is 2.24.